The highest BCUT2D eigenvalue weighted by Crippen LogP contribution is 2.34. The van der Waals surface area contributed by atoms with Crippen molar-refractivity contribution in [2.75, 3.05) is 36.9 Å². The summed E-state index contributed by atoms with van der Waals surface area (Å²) in [5.74, 6) is 0.858. The van der Waals surface area contributed by atoms with Gasteiger partial charge in [0.15, 0.2) is 11.6 Å². The van der Waals surface area contributed by atoms with Gasteiger partial charge in [0.1, 0.15) is 0 Å². The Kier molecular flexibility index (Phi) is 4.49. The molecule has 0 aliphatic carbocycles. The molecule has 1 aromatic carbocycles. The van der Waals surface area contributed by atoms with Crippen LogP contribution < -0.4 is 10.2 Å². The third-order valence-corrected chi connectivity index (χ3v) is 5.41. The predicted molar refractivity (Wildman–Crippen MR) is 102 cm³/mol. The summed E-state index contributed by atoms with van der Waals surface area (Å²) in [4.78, 5) is 5.06. The Morgan fingerprint density at radius 2 is 2.12 bits per heavy atom. The molecule has 0 saturated carbocycles. The third-order valence-electron chi connectivity index (χ3n) is 5.41. The zero-order valence-electron chi connectivity index (χ0n) is 14.8. The van der Waals surface area contributed by atoms with E-state index in [1.165, 1.54) is 43.6 Å². The molecule has 2 aliphatic heterocycles. The van der Waals surface area contributed by atoms with Crippen LogP contribution in [0.1, 0.15) is 30.6 Å². The van der Waals surface area contributed by atoms with Crippen molar-refractivity contribution in [3.05, 3.63) is 47.9 Å². The molecule has 2 aliphatic rings. The average Bonchev–Trinajstić information content (AvgIpc) is 3.23. The van der Waals surface area contributed by atoms with Gasteiger partial charge in [-0.3, -0.25) is 5.41 Å². The van der Waals surface area contributed by atoms with Gasteiger partial charge in [-0.2, -0.15) is 0 Å². The number of benzene rings is 1. The number of amidine groups is 1. The van der Waals surface area contributed by atoms with Crippen LogP contribution in [-0.4, -0.2) is 43.5 Å². The van der Waals surface area contributed by atoms with E-state index < -0.39 is 0 Å². The first-order chi connectivity index (χ1) is 12.2. The molecule has 2 aromatic rings. The second-order valence-corrected chi connectivity index (χ2v) is 7.15. The van der Waals surface area contributed by atoms with Gasteiger partial charge in [0, 0.05) is 24.0 Å². The normalized spacial score (nSPS) is 21.0. The lowest BCUT2D eigenvalue weighted by Gasteiger charge is -2.29. The molecule has 132 valence electrons. The minimum Gasteiger partial charge on any atom is -0.461 e. The lowest BCUT2D eigenvalue weighted by molar-refractivity contribution is 0.346. The second-order valence-electron chi connectivity index (χ2n) is 7.15. The SMILES string of the molecule is CN1CCCC(N2CCc3cc(NC(=N)c4ccco4)ccc32)CC1. The van der Waals surface area contributed by atoms with Crippen LogP contribution >= 0.6 is 0 Å². The quantitative estimate of drug-likeness (QED) is 0.664. The zero-order valence-corrected chi connectivity index (χ0v) is 14.8. The lowest BCUT2D eigenvalue weighted by Crippen LogP contribution is -2.34. The van der Waals surface area contributed by atoms with E-state index in [4.69, 9.17) is 9.83 Å². The molecule has 4 rings (SSSR count). The summed E-state index contributed by atoms with van der Waals surface area (Å²) in [6, 6.07) is 10.7. The van der Waals surface area contributed by atoms with Crippen molar-refractivity contribution in [2.45, 2.75) is 31.7 Å². The molecule has 1 saturated heterocycles. The summed E-state index contributed by atoms with van der Waals surface area (Å²) in [5, 5.41) is 11.3. The Bertz CT molecular complexity index is 740. The molecule has 1 fully saturated rings. The van der Waals surface area contributed by atoms with Gasteiger partial charge in [-0.25, -0.2) is 0 Å². The topological polar surface area (TPSA) is 55.5 Å². The number of rotatable bonds is 3. The van der Waals surface area contributed by atoms with Crippen molar-refractivity contribution in [1.82, 2.24) is 4.90 Å². The summed E-state index contributed by atoms with van der Waals surface area (Å²) < 4.78 is 5.28. The number of furan rings is 1. The molecule has 2 N–H and O–H groups in total. The molecule has 5 nitrogen and oxygen atoms in total. The van der Waals surface area contributed by atoms with Crippen LogP contribution in [0, 0.1) is 5.41 Å². The van der Waals surface area contributed by atoms with E-state index in [0.29, 0.717) is 17.6 Å². The van der Waals surface area contributed by atoms with Crippen molar-refractivity contribution < 1.29 is 4.42 Å². The minimum atomic E-state index is 0.298. The van der Waals surface area contributed by atoms with Crippen LogP contribution in [0.2, 0.25) is 0 Å². The largest absolute Gasteiger partial charge is 0.461 e. The Morgan fingerprint density at radius 1 is 1.20 bits per heavy atom. The molecule has 1 unspecified atom stereocenters. The summed E-state index contributed by atoms with van der Waals surface area (Å²) in [6.07, 6.45) is 6.50. The van der Waals surface area contributed by atoms with Gasteiger partial charge in [-0.1, -0.05) is 0 Å². The zero-order chi connectivity index (χ0) is 17.2. The number of nitrogens with zero attached hydrogens (tertiary/aromatic N) is 2. The Morgan fingerprint density at radius 3 is 2.96 bits per heavy atom. The highest BCUT2D eigenvalue weighted by molar-refractivity contribution is 6.04. The fourth-order valence-electron chi connectivity index (χ4n) is 4.05. The number of fused-ring (bicyclic) bond motifs is 1. The third kappa shape index (κ3) is 3.42. The van der Waals surface area contributed by atoms with E-state index >= 15 is 0 Å². The van der Waals surface area contributed by atoms with Crippen LogP contribution in [0.4, 0.5) is 11.4 Å². The van der Waals surface area contributed by atoms with Crippen molar-refractivity contribution in [3.63, 3.8) is 0 Å². The van der Waals surface area contributed by atoms with E-state index in [9.17, 15) is 0 Å². The summed E-state index contributed by atoms with van der Waals surface area (Å²) >= 11 is 0. The van der Waals surface area contributed by atoms with E-state index in [1.54, 1.807) is 18.4 Å². The summed E-state index contributed by atoms with van der Waals surface area (Å²) in [6.45, 7) is 3.52. The number of likely N-dealkylation sites (tertiary alicyclic amines) is 1. The van der Waals surface area contributed by atoms with Crippen molar-refractivity contribution >= 4 is 17.2 Å². The van der Waals surface area contributed by atoms with Crippen molar-refractivity contribution in [2.24, 2.45) is 0 Å². The molecular formula is C20H26N4O. The van der Waals surface area contributed by atoms with Crippen molar-refractivity contribution in [1.29, 1.82) is 5.41 Å². The first-order valence-corrected chi connectivity index (χ1v) is 9.18. The predicted octanol–water partition coefficient (Wildman–Crippen LogP) is 3.56. The molecule has 25 heavy (non-hydrogen) atoms. The van der Waals surface area contributed by atoms with Crippen LogP contribution in [0.15, 0.2) is 41.0 Å². The molecule has 0 radical (unpaired) electrons. The van der Waals surface area contributed by atoms with Crippen LogP contribution in [0.5, 0.6) is 0 Å². The Labute approximate surface area is 149 Å². The first-order valence-electron chi connectivity index (χ1n) is 9.18. The minimum absolute atomic E-state index is 0.298. The van der Waals surface area contributed by atoms with Crippen LogP contribution in [-0.2, 0) is 6.42 Å². The number of nitrogens with one attached hydrogen (secondary N) is 2. The highest BCUT2D eigenvalue weighted by Gasteiger charge is 2.27. The maximum absolute atomic E-state index is 8.10. The van der Waals surface area contributed by atoms with Gasteiger partial charge in [-0.15, -0.1) is 0 Å². The molecule has 1 atom stereocenters. The number of hydrogen-bond donors (Lipinski definition) is 2. The molecular weight excluding hydrogens is 312 g/mol. The van der Waals surface area contributed by atoms with Crippen LogP contribution in [0.3, 0.4) is 0 Å². The number of hydrogen-bond acceptors (Lipinski definition) is 4. The fourth-order valence-corrected chi connectivity index (χ4v) is 4.05. The van der Waals surface area contributed by atoms with Gasteiger partial charge >= 0.3 is 0 Å². The first kappa shape index (κ1) is 16.2. The standard InChI is InChI=1S/C20H26N4O/c1-23-10-2-4-17(9-11-23)24-12-8-15-14-16(6-7-18(15)24)22-20(21)19-5-3-13-25-19/h3,5-7,13-14,17H,2,4,8-12H2,1H3,(H2,21,22). The maximum Gasteiger partial charge on any atom is 0.168 e. The molecule has 0 bridgehead atoms. The lowest BCUT2D eigenvalue weighted by atomic mass is 10.1. The molecule has 5 heteroatoms. The van der Waals surface area contributed by atoms with Gasteiger partial charge in [0.25, 0.3) is 0 Å². The smallest absolute Gasteiger partial charge is 0.168 e. The summed E-state index contributed by atoms with van der Waals surface area (Å²) in [5.41, 5.74) is 3.72. The van der Waals surface area contributed by atoms with E-state index in [-0.39, 0.29) is 0 Å². The van der Waals surface area contributed by atoms with E-state index in [0.717, 1.165) is 18.7 Å². The van der Waals surface area contributed by atoms with Gasteiger partial charge < -0.3 is 19.5 Å². The Hall–Kier alpha value is -2.27. The highest BCUT2D eigenvalue weighted by atomic mass is 16.3. The van der Waals surface area contributed by atoms with Crippen molar-refractivity contribution in [3.8, 4) is 0 Å². The molecule has 1 aromatic heterocycles. The number of anilines is 2. The molecule has 3 heterocycles. The molecule has 0 spiro atoms. The van der Waals surface area contributed by atoms with Crippen LogP contribution in [0.25, 0.3) is 0 Å². The molecule has 0 amide bonds. The summed E-state index contributed by atoms with van der Waals surface area (Å²) in [7, 11) is 2.23. The Balaban J connectivity index is 1.47. The maximum atomic E-state index is 8.10. The fraction of sp³-hybridized carbons (Fsp3) is 0.450. The average molecular weight is 338 g/mol. The van der Waals surface area contributed by atoms with Gasteiger partial charge in [0.2, 0.25) is 0 Å². The monoisotopic (exact) mass is 338 g/mol. The van der Waals surface area contributed by atoms with E-state index in [1.807, 2.05) is 0 Å². The second kappa shape index (κ2) is 6.92. The van der Waals surface area contributed by atoms with E-state index in [2.05, 4.69) is 40.4 Å². The van der Waals surface area contributed by atoms with Gasteiger partial charge in [-0.05, 0) is 81.7 Å². The van der Waals surface area contributed by atoms with Gasteiger partial charge in [0.05, 0.1) is 6.26 Å².